The van der Waals surface area contributed by atoms with Crippen molar-refractivity contribution < 1.29 is 9.59 Å². The van der Waals surface area contributed by atoms with Gasteiger partial charge in [0.1, 0.15) is 0 Å². The zero-order valence-electron chi connectivity index (χ0n) is 16.2. The minimum Gasteiger partial charge on any atom is -0.371 e. The second-order valence-electron chi connectivity index (χ2n) is 7.77. The lowest BCUT2D eigenvalue weighted by Gasteiger charge is -2.33. The van der Waals surface area contributed by atoms with Crippen LogP contribution in [0.15, 0.2) is 24.3 Å². The lowest BCUT2D eigenvalue weighted by atomic mass is 9.97. The molecular weight excluding hydrogens is 340 g/mol. The first-order valence-electron chi connectivity index (χ1n) is 10.3. The minimum atomic E-state index is -0.205. The van der Waals surface area contributed by atoms with Crippen LogP contribution in [-0.4, -0.2) is 43.0 Å². The number of likely N-dealkylation sites (tertiary alicyclic amines) is 1. The van der Waals surface area contributed by atoms with E-state index < -0.39 is 0 Å². The Morgan fingerprint density at radius 1 is 0.963 bits per heavy atom. The van der Waals surface area contributed by atoms with Crippen LogP contribution >= 0.6 is 0 Å². The number of carbonyl (C=O) groups excluding carboxylic acids is 2. The quantitative estimate of drug-likeness (QED) is 0.853. The summed E-state index contributed by atoms with van der Waals surface area (Å²) in [5, 5.41) is 3.05. The number of rotatable bonds is 4. The lowest BCUT2D eigenvalue weighted by molar-refractivity contribution is -0.122. The molecule has 1 aromatic carbocycles. The maximum atomic E-state index is 12.4. The van der Waals surface area contributed by atoms with Crippen molar-refractivity contribution in [2.75, 3.05) is 31.1 Å². The molecular formula is C21H32N4O2. The third kappa shape index (κ3) is 5.62. The Morgan fingerprint density at radius 3 is 2.30 bits per heavy atom. The average Bonchev–Trinajstić information content (AvgIpc) is 2.66. The van der Waals surface area contributed by atoms with E-state index in [9.17, 15) is 9.59 Å². The average molecular weight is 373 g/mol. The van der Waals surface area contributed by atoms with Crippen molar-refractivity contribution in [2.45, 2.75) is 51.5 Å². The SMILES string of the molecule is NC(=O)C1CCCN(c2ccc(CNC(=O)N3CCCCCCC3)cc2)C1. The topological polar surface area (TPSA) is 78.7 Å². The molecule has 3 N–H and O–H groups in total. The van der Waals surface area contributed by atoms with Gasteiger partial charge in [0, 0.05) is 38.4 Å². The van der Waals surface area contributed by atoms with Crippen LogP contribution in [0.3, 0.4) is 0 Å². The molecule has 6 nitrogen and oxygen atoms in total. The van der Waals surface area contributed by atoms with Crippen LogP contribution in [0.25, 0.3) is 0 Å². The van der Waals surface area contributed by atoms with Crippen molar-refractivity contribution in [1.29, 1.82) is 0 Å². The van der Waals surface area contributed by atoms with E-state index >= 15 is 0 Å². The monoisotopic (exact) mass is 372 g/mol. The van der Waals surface area contributed by atoms with Gasteiger partial charge >= 0.3 is 6.03 Å². The third-order valence-electron chi connectivity index (χ3n) is 5.71. The van der Waals surface area contributed by atoms with Crippen molar-refractivity contribution >= 4 is 17.6 Å². The van der Waals surface area contributed by atoms with E-state index in [-0.39, 0.29) is 17.9 Å². The van der Waals surface area contributed by atoms with E-state index in [0.29, 0.717) is 13.1 Å². The summed E-state index contributed by atoms with van der Waals surface area (Å²) in [5.41, 5.74) is 7.67. The Hall–Kier alpha value is -2.24. The molecule has 0 spiro atoms. The van der Waals surface area contributed by atoms with Gasteiger partial charge in [-0.05, 0) is 43.4 Å². The van der Waals surface area contributed by atoms with E-state index in [1.165, 1.54) is 19.3 Å². The highest BCUT2D eigenvalue weighted by Gasteiger charge is 2.24. The molecule has 0 bridgehead atoms. The second-order valence-corrected chi connectivity index (χ2v) is 7.77. The smallest absolute Gasteiger partial charge is 0.317 e. The molecule has 3 rings (SSSR count). The molecule has 2 heterocycles. The largest absolute Gasteiger partial charge is 0.371 e. The minimum absolute atomic E-state index is 0.0429. The molecule has 148 valence electrons. The van der Waals surface area contributed by atoms with Crippen molar-refractivity contribution in [3.8, 4) is 0 Å². The zero-order chi connectivity index (χ0) is 19.1. The fourth-order valence-corrected chi connectivity index (χ4v) is 4.01. The number of primary amides is 1. The number of benzene rings is 1. The summed E-state index contributed by atoms with van der Waals surface area (Å²) in [6.07, 6.45) is 7.80. The third-order valence-corrected chi connectivity index (χ3v) is 5.71. The molecule has 3 amide bonds. The summed E-state index contributed by atoms with van der Waals surface area (Å²) in [4.78, 5) is 28.0. The first-order chi connectivity index (χ1) is 13.1. The number of hydrogen-bond donors (Lipinski definition) is 2. The summed E-state index contributed by atoms with van der Waals surface area (Å²) < 4.78 is 0. The molecule has 27 heavy (non-hydrogen) atoms. The van der Waals surface area contributed by atoms with Crippen LogP contribution in [0.2, 0.25) is 0 Å². The Labute approximate surface area is 162 Å². The van der Waals surface area contributed by atoms with E-state index in [1.54, 1.807) is 0 Å². The number of hydrogen-bond acceptors (Lipinski definition) is 3. The van der Waals surface area contributed by atoms with Gasteiger partial charge in [0.15, 0.2) is 0 Å². The van der Waals surface area contributed by atoms with Crippen molar-refractivity contribution in [1.82, 2.24) is 10.2 Å². The molecule has 2 fully saturated rings. The molecule has 0 radical (unpaired) electrons. The van der Waals surface area contributed by atoms with Gasteiger partial charge in [0.25, 0.3) is 0 Å². The number of anilines is 1. The molecule has 1 aromatic rings. The predicted molar refractivity (Wildman–Crippen MR) is 107 cm³/mol. The maximum absolute atomic E-state index is 12.4. The Morgan fingerprint density at radius 2 is 1.63 bits per heavy atom. The van der Waals surface area contributed by atoms with Crippen LogP contribution in [0.4, 0.5) is 10.5 Å². The lowest BCUT2D eigenvalue weighted by Crippen LogP contribution is -2.41. The zero-order valence-corrected chi connectivity index (χ0v) is 16.2. The summed E-state index contributed by atoms with van der Waals surface area (Å²) in [5.74, 6) is -0.265. The van der Waals surface area contributed by atoms with Gasteiger partial charge in [-0.1, -0.05) is 31.4 Å². The number of nitrogens with zero attached hydrogens (tertiary/aromatic N) is 2. The van der Waals surface area contributed by atoms with Gasteiger partial charge < -0.3 is 20.9 Å². The molecule has 0 aliphatic carbocycles. The van der Waals surface area contributed by atoms with Gasteiger partial charge in [0.05, 0.1) is 5.92 Å². The van der Waals surface area contributed by atoms with Crippen molar-refractivity contribution in [3.05, 3.63) is 29.8 Å². The molecule has 6 heteroatoms. The van der Waals surface area contributed by atoms with Gasteiger partial charge in [-0.3, -0.25) is 4.79 Å². The van der Waals surface area contributed by atoms with Crippen LogP contribution < -0.4 is 16.0 Å². The first-order valence-corrected chi connectivity index (χ1v) is 10.3. The van der Waals surface area contributed by atoms with E-state index in [2.05, 4.69) is 34.5 Å². The highest BCUT2D eigenvalue weighted by Crippen LogP contribution is 2.23. The van der Waals surface area contributed by atoms with E-state index in [0.717, 1.165) is 56.6 Å². The summed E-state index contributed by atoms with van der Waals surface area (Å²) in [7, 11) is 0. The van der Waals surface area contributed by atoms with Crippen LogP contribution in [0, 0.1) is 5.92 Å². The standard InChI is InChI=1S/C21H32N4O2/c22-20(26)18-7-6-14-25(16-18)19-10-8-17(9-11-19)15-23-21(27)24-12-4-2-1-3-5-13-24/h8-11,18H,1-7,12-16H2,(H2,22,26)(H,23,27). The van der Waals surface area contributed by atoms with Gasteiger partial charge in [-0.25, -0.2) is 4.79 Å². The molecule has 2 aliphatic rings. The first kappa shape index (κ1) is 19.5. The van der Waals surface area contributed by atoms with E-state index in [1.807, 2.05) is 4.90 Å². The van der Waals surface area contributed by atoms with Gasteiger partial charge in [0.2, 0.25) is 5.91 Å². The van der Waals surface area contributed by atoms with Crippen molar-refractivity contribution in [2.24, 2.45) is 11.7 Å². The normalized spacial score (nSPS) is 21.3. The molecule has 2 saturated heterocycles. The summed E-state index contributed by atoms with van der Waals surface area (Å²) in [6, 6.07) is 8.29. The number of urea groups is 1. The number of amides is 3. The summed E-state index contributed by atoms with van der Waals surface area (Å²) in [6.45, 7) is 3.91. The summed E-state index contributed by atoms with van der Waals surface area (Å²) >= 11 is 0. The fraction of sp³-hybridized carbons (Fsp3) is 0.619. The number of nitrogens with one attached hydrogen (secondary N) is 1. The van der Waals surface area contributed by atoms with Gasteiger partial charge in [-0.15, -0.1) is 0 Å². The molecule has 0 aromatic heterocycles. The molecule has 2 aliphatic heterocycles. The molecule has 1 unspecified atom stereocenters. The van der Waals surface area contributed by atoms with Crippen LogP contribution in [0.5, 0.6) is 0 Å². The highest BCUT2D eigenvalue weighted by molar-refractivity contribution is 5.77. The number of carbonyl (C=O) groups is 2. The second kappa shape index (κ2) is 9.62. The molecule has 0 saturated carbocycles. The predicted octanol–water partition coefficient (Wildman–Crippen LogP) is 2.86. The van der Waals surface area contributed by atoms with Crippen molar-refractivity contribution in [3.63, 3.8) is 0 Å². The molecule has 1 atom stereocenters. The maximum Gasteiger partial charge on any atom is 0.317 e. The van der Waals surface area contributed by atoms with Gasteiger partial charge in [-0.2, -0.15) is 0 Å². The van der Waals surface area contributed by atoms with Crippen LogP contribution in [-0.2, 0) is 11.3 Å². The fourth-order valence-electron chi connectivity index (χ4n) is 4.01. The van der Waals surface area contributed by atoms with Crippen LogP contribution in [0.1, 0.15) is 50.5 Å². The van der Waals surface area contributed by atoms with E-state index in [4.69, 9.17) is 5.73 Å². The Bertz CT molecular complexity index is 624. The number of piperidine rings is 1. The number of nitrogens with two attached hydrogens (primary N) is 1. The Balaban J connectivity index is 1.50. The Kier molecular flexibility index (Phi) is 6.96. The highest BCUT2D eigenvalue weighted by atomic mass is 16.2.